The Morgan fingerprint density at radius 3 is 2.67 bits per heavy atom. The maximum Gasteiger partial charge on any atom is 0.248 e. The number of carbonyl (C=O) groups excluding carboxylic acids is 1. The van der Waals surface area contributed by atoms with Gasteiger partial charge in [-0.15, -0.1) is 0 Å². The maximum absolute atomic E-state index is 12.1. The molecule has 0 atom stereocenters. The van der Waals surface area contributed by atoms with Crippen LogP contribution in [0.5, 0.6) is 11.5 Å². The highest BCUT2D eigenvalue weighted by molar-refractivity contribution is 7.89. The zero-order valence-corrected chi connectivity index (χ0v) is 15.5. The molecule has 0 fully saturated rings. The molecule has 0 heterocycles. The molecule has 142 valence electrons. The van der Waals surface area contributed by atoms with Gasteiger partial charge in [-0.25, -0.2) is 13.6 Å². The summed E-state index contributed by atoms with van der Waals surface area (Å²) >= 11 is 0. The fraction of sp³-hybridized carbons (Fsp3) is 0.105. The van der Waals surface area contributed by atoms with Crippen molar-refractivity contribution in [1.82, 2.24) is 0 Å². The first-order valence-corrected chi connectivity index (χ1v) is 9.42. The molecule has 0 unspecified atom stereocenters. The number of hydrogen-bond donors (Lipinski definition) is 2. The minimum atomic E-state index is -3.84. The van der Waals surface area contributed by atoms with Crippen molar-refractivity contribution >= 4 is 27.7 Å². The number of nitrogens with two attached hydrogens (primary N) is 1. The third kappa shape index (κ3) is 5.98. The van der Waals surface area contributed by atoms with Gasteiger partial charge in [0.15, 0.2) is 11.5 Å². The molecule has 0 aliphatic rings. The minimum absolute atomic E-state index is 0.0795. The molecule has 3 N–H and O–H groups in total. The molecule has 0 aliphatic heterocycles. The molecule has 2 aromatic rings. The average molecular weight is 388 g/mol. The number of hydrogen-bond acceptors (Lipinski definition) is 5. The predicted octanol–water partition coefficient (Wildman–Crippen LogP) is 2.56. The highest BCUT2D eigenvalue weighted by Gasteiger charge is 2.09. The number of benzene rings is 2. The fourth-order valence-corrected chi connectivity index (χ4v) is 2.72. The molecule has 0 spiro atoms. The molecule has 2 rings (SSSR count). The van der Waals surface area contributed by atoms with Crippen LogP contribution in [-0.4, -0.2) is 28.0 Å². The molecular formula is C19H20N2O5S. The van der Waals surface area contributed by atoms with Crippen LogP contribution in [0.15, 0.2) is 66.1 Å². The number of ether oxygens (including phenoxy) is 2. The lowest BCUT2D eigenvalue weighted by Gasteiger charge is -2.09. The molecule has 0 saturated carbocycles. The van der Waals surface area contributed by atoms with E-state index in [1.54, 1.807) is 36.4 Å². The summed E-state index contributed by atoms with van der Waals surface area (Å²) in [5.41, 5.74) is 1.05. The Morgan fingerprint density at radius 1 is 1.22 bits per heavy atom. The molecule has 2 aromatic carbocycles. The third-order valence-electron chi connectivity index (χ3n) is 3.40. The van der Waals surface area contributed by atoms with Gasteiger partial charge in [0, 0.05) is 11.8 Å². The van der Waals surface area contributed by atoms with Crippen molar-refractivity contribution in [3.8, 4) is 11.5 Å². The minimum Gasteiger partial charge on any atom is -0.493 e. The molecule has 0 radical (unpaired) electrons. The van der Waals surface area contributed by atoms with Crippen LogP contribution >= 0.6 is 0 Å². The SMILES string of the molecule is C=CCOc1ccc(/C=C/C(=O)Nc2cccc(S(N)(=O)=O)c2)cc1OC. The smallest absolute Gasteiger partial charge is 0.248 e. The van der Waals surface area contributed by atoms with Gasteiger partial charge in [0.1, 0.15) is 6.61 Å². The third-order valence-corrected chi connectivity index (χ3v) is 4.31. The number of rotatable bonds is 8. The van der Waals surface area contributed by atoms with Crippen LogP contribution in [0.2, 0.25) is 0 Å². The maximum atomic E-state index is 12.1. The van der Waals surface area contributed by atoms with E-state index in [1.165, 1.54) is 31.4 Å². The lowest BCUT2D eigenvalue weighted by atomic mass is 10.2. The molecule has 0 saturated heterocycles. The van der Waals surface area contributed by atoms with E-state index in [4.69, 9.17) is 14.6 Å². The lowest BCUT2D eigenvalue weighted by molar-refractivity contribution is -0.111. The largest absolute Gasteiger partial charge is 0.493 e. The highest BCUT2D eigenvalue weighted by Crippen LogP contribution is 2.28. The van der Waals surface area contributed by atoms with Gasteiger partial charge in [-0.3, -0.25) is 4.79 Å². The summed E-state index contributed by atoms with van der Waals surface area (Å²) in [6.45, 7) is 3.94. The first-order chi connectivity index (χ1) is 12.8. The Labute approximate surface area is 158 Å². The Morgan fingerprint density at radius 2 is 2.00 bits per heavy atom. The van der Waals surface area contributed by atoms with Crippen LogP contribution < -0.4 is 19.9 Å². The van der Waals surface area contributed by atoms with Gasteiger partial charge in [-0.2, -0.15) is 0 Å². The van der Waals surface area contributed by atoms with E-state index < -0.39 is 15.9 Å². The number of methoxy groups -OCH3 is 1. The standard InChI is InChI=1S/C19H20N2O5S/c1-3-11-26-17-9-7-14(12-18(17)25-2)8-10-19(22)21-15-5-4-6-16(13-15)27(20,23)24/h3-10,12-13H,1,11H2,2H3,(H,21,22)(H2,20,23,24)/b10-8+. The van der Waals surface area contributed by atoms with Crippen LogP contribution in [0, 0.1) is 0 Å². The summed E-state index contributed by atoms with van der Waals surface area (Å²) in [6, 6.07) is 10.9. The number of carbonyl (C=O) groups is 1. The Hall–Kier alpha value is -3.10. The quantitative estimate of drug-likeness (QED) is 0.534. The summed E-state index contributed by atoms with van der Waals surface area (Å²) < 4.78 is 33.5. The van der Waals surface area contributed by atoms with Gasteiger partial charge >= 0.3 is 0 Å². The summed E-state index contributed by atoms with van der Waals surface area (Å²) in [5.74, 6) is 0.673. The Balaban J connectivity index is 2.09. The van der Waals surface area contributed by atoms with Crippen molar-refractivity contribution in [3.05, 3.63) is 66.8 Å². The van der Waals surface area contributed by atoms with E-state index in [-0.39, 0.29) is 4.90 Å². The average Bonchev–Trinajstić information content (AvgIpc) is 2.64. The normalized spacial score (nSPS) is 11.2. The summed E-state index contributed by atoms with van der Waals surface area (Å²) in [4.78, 5) is 12.0. The first kappa shape index (κ1) is 20.2. The number of amides is 1. The van der Waals surface area contributed by atoms with Crippen molar-refractivity contribution in [1.29, 1.82) is 0 Å². The lowest BCUT2D eigenvalue weighted by Crippen LogP contribution is -2.13. The van der Waals surface area contributed by atoms with E-state index in [0.29, 0.717) is 23.8 Å². The van der Waals surface area contributed by atoms with E-state index in [0.717, 1.165) is 5.56 Å². The van der Waals surface area contributed by atoms with Crippen molar-refractivity contribution in [2.45, 2.75) is 4.90 Å². The first-order valence-electron chi connectivity index (χ1n) is 7.87. The number of primary sulfonamides is 1. The monoisotopic (exact) mass is 388 g/mol. The second kappa shape index (κ2) is 9.02. The Kier molecular flexibility index (Phi) is 6.75. The summed E-state index contributed by atoms with van der Waals surface area (Å²) in [6.07, 6.45) is 4.55. The van der Waals surface area contributed by atoms with Gasteiger partial charge < -0.3 is 14.8 Å². The summed E-state index contributed by atoms with van der Waals surface area (Å²) in [5, 5.41) is 7.66. The van der Waals surface area contributed by atoms with E-state index >= 15 is 0 Å². The molecule has 7 nitrogen and oxygen atoms in total. The van der Waals surface area contributed by atoms with Gasteiger partial charge in [0.25, 0.3) is 0 Å². The van der Waals surface area contributed by atoms with Crippen LogP contribution in [-0.2, 0) is 14.8 Å². The highest BCUT2D eigenvalue weighted by atomic mass is 32.2. The second-order valence-corrected chi connectivity index (χ2v) is 6.97. The molecule has 0 aromatic heterocycles. The molecule has 0 aliphatic carbocycles. The van der Waals surface area contributed by atoms with Gasteiger partial charge in [-0.05, 0) is 42.0 Å². The topological polar surface area (TPSA) is 108 Å². The molecule has 27 heavy (non-hydrogen) atoms. The Bertz CT molecular complexity index is 968. The van der Waals surface area contributed by atoms with E-state index in [2.05, 4.69) is 11.9 Å². The molecule has 0 bridgehead atoms. The van der Waals surface area contributed by atoms with Gasteiger partial charge in [0.2, 0.25) is 15.9 Å². The second-order valence-electron chi connectivity index (χ2n) is 5.41. The van der Waals surface area contributed by atoms with E-state index in [1.807, 2.05) is 0 Å². The zero-order valence-electron chi connectivity index (χ0n) is 14.7. The predicted molar refractivity (Wildman–Crippen MR) is 104 cm³/mol. The van der Waals surface area contributed by atoms with Crippen LogP contribution in [0.3, 0.4) is 0 Å². The molecule has 1 amide bonds. The molecular weight excluding hydrogens is 368 g/mol. The number of anilines is 1. The summed E-state index contributed by atoms with van der Waals surface area (Å²) in [7, 11) is -2.31. The van der Waals surface area contributed by atoms with Crippen molar-refractivity contribution in [2.24, 2.45) is 5.14 Å². The molecule has 8 heteroatoms. The van der Waals surface area contributed by atoms with Crippen molar-refractivity contribution < 1.29 is 22.7 Å². The van der Waals surface area contributed by atoms with Crippen molar-refractivity contribution in [2.75, 3.05) is 19.0 Å². The number of nitrogens with one attached hydrogen (secondary N) is 1. The fourth-order valence-electron chi connectivity index (χ4n) is 2.16. The van der Waals surface area contributed by atoms with Crippen LogP contribution in [0.4, 0.5) is 5.69 Å². The van der Waals surface area contributed by atoms with Gasteiger partial charge in [0.05, 0.1) is 12.0 Å². The number of sulfonamides is 1. The zero-order chi connectivity index (χ0) is 19.9. The van der Waals surface area contributed by atoms with Gasteiger partial charge in [-0.1, -0.05) is 24.8 Å². The van der Waals surface area contributed by atoms with Crippen LogP contribution in [0.25, 0.3) is 6.08 Å². The van der Waals surface area contributed by atoms with Crippen molar-refractivity contribution in [3.63, 3.8) is 0 Å². The van der Waals surface area contributed by atoms with E-state index in [9.17, 15) is 13.2 Å². The van der Waals surface area contributed by atoms with Crippen LogP contribution in [0.1, 0.15) is 5.56 Å².